The molecule has 4 rings (SSSR count). The van der Waals surface area contributed by atoms with Crippen molar-refractivity contribution < 1.29 is 23.5 Å². The average molecular weight is 525 g/mol. The van der Waals surface area contributed by atoms with Gasteiger partial charge in [-0.2, -0.15) is 5.10 Å². The van der Waals surface area contributed by atoms with E-state index in [1.54, 1.807) is 46.0 Å². The summed E-state index contributed by atoms with van der Waals surface area (Å²) >= 11 is 0. The Hall–Kier alpha value is -4.02. The molecule has 4 heterocycles. The number of aromatic nitrogens is 4. The minimum Gasteiger partial charge on any atom is -0.462 e. The third kappa shape index (κ3) is 6.27. The van der Waals surface area contributed by atoms with E-state index in [0.29, 0.717) is 29.1 Å². The van der Waals surface area contributed by atoms with Crippen LogP contribution in [0.2, 0.25) is 0 Å². The molecule has 1 aliphatic rings. The quantitative estimate of drug-likeness (QED) is 0.443. The van der Waals surface area contributed by atoms with Gasteiger partial charge in [0.1, 0.15) is 17.0 Å². The Morgan fingerprint density at radius 1 is 1.32 bits per heavy atom. The molecule has 1 aliphatic heterocycles. The Balaban J connectivity index is 1.60. The third-order valence-electron chi connectivity index (χ3n) is 5.94. The molecule has 1 unspecified atom stereocenters. The van der Waals surface area contributed by atoms with Crippen LogP contribution in [0.5, 0.6) is 0 Å². The van der Waals surface area contributed by atoms with E-state index in [2.05, 4.69) is 20.3 Å². The van der Waals surface area contributed by atoms with Gasteiger partial charge in [-0.3, -0.25) is 4.98 Å². The van der Waals surface area contributed by atoms with Gasteiger partial charge in [-0.1, -0.05) is 6.08 Å². The fourth-order valence-electron chi connectivity index (χ4n) is 4.36. The van der Waals surface area contributed by atoms with Gasteiger partial charge in [-0.15, -0.1) is 0 Å². The number of pyridine rings is 1. The highest BCUT2D eigenvalue weighted by atomic mass is 19.1. The maximum absolute atomic E-state index is 14.4. The summed E-state index contributed by atoms with van der Waals surface area (Å²) in [5.41, 5.74) is 2.02. The maximum atomic E-state index is 14.4. The van der Waals surface area contributed by atoms with E-state index in [-0.39, 0.29) is 18.7 Å². The molecule has 0 aliphatic carbocycles. The molecule has 0 spiro atoms. The van der Waals surface area contributed by atoms with E-state index in [0.717, 1.165) is 18.5 Å². The highest BCUT2D eigenvalue weighted by molar-refractivity contribution is 5.95. The fraction of sp³-hybridized carbons (Fsp3) is 0.444. The first-order chi connectivity index (χ1) is 18.1. The minimum atomic E-state index is -0.602. The van der Waals surface area contributed by atoms with Gasteiger partial charge in [-0.25, -0.2) is 23.5 Å². The first-order valence-electron chi connectivity index (χ1n) is 12.7. The van der Waals surface area contributed by atoms with Crippen molar-refractivity contribution in [1.82, 2.24) is 24.9 Å². The van der Waals surface area contributed by atoms with Crippen LogP contribution in [-0.4, -0.2) is 56.4 Å². The SMILES string of the molecule is CCOC(=O)c1cnn2ccc(C3CCCN3c3cc(F)cnc3/C=C/[C@@H](C)NC(=O)OC(C)(C)C)nc12. The Bertz CT molecular complexity index is 1350. The Labute approximate surface area is 220 Å². The molecule has 0 aromatic carbocycles. The van der Waals surface area contributed by atoms with Crippen molar-refractivity contribution in [2.24, 2.45) is 0 Å². The zero-order valence-electron chi connectivity index (χ0n) is 22.3. The number of esters is 1. The number of hydrogen-bond acceptors (Lipinski definition) is 8. The molecule has 1 N–H and O–H groups in total. The highest BCUT2D eigenvalue weighted by Gasteiger charge is 2.30. The number of rotatable bonds is 7. The van der Waals surface area contributed by atoms with Crippen molar-refractivity contribution in [3.63, 3.8) is 0 Å². The molecular weight excluding hydrogens is 491 g/mol. The van der Waals surface area contributed by atoms with E-state index in [9.17, 15) is 14.0 Å². The third-order valence-corrected chi connectivity index (χ3v) is 5.94. The summed E-state index contributed by atoms with van der Waals surface area (Å²) in [5, 5.41) is 6.97. The second-order valence-electron chi connectivity index (χ2n) is 10.1. The highest BCUT2D eigenvalue weighted by Crippen LogP contribution is 2.37. The van der Waals surface area contributed by atoms with Gasteiger partial charge in [-0.05, 0) is 59.6 Å². The first-order valence-corrected chi connectivity index (χ1v) is 12.7. The first kappa shape index (κ1) is 27.0. The number of halogens is 1. The summed E-state index contributed by atoms with van der Waals surface area (Å²) in [7, 11) is 0. The number of hydrogen-bond donors (Lipinski definition) is 1. The normalized spacial score (nSPS) is 16.7. The number of alkyl carbamates (subject to hydrolysis) is 1. The van der Waals surface area contributed by atoms with Crippen molar-refractivity contribution in [3.05, 3.63) is 59.6 Å². The largest absolute Gasteiger partial charge is 0.462 e. The van der Waals surface area contributed by atoms with Gasteiger partial charge >= 0.3 is 12.1 Å². The molecular formula is C27H33FN6O4. The second-order valence-corrected chi connectivity index (χ2v) is 10.1. The van der Waals surface area contributed by atoms with Gasteiger partial charge in [0.25, 0.3) is 0 Å². The fourth-order valence-corrected chi connectivity index (χ4v) is 4.36. The van der Waals surface area contributed by atoms with Crippen molar-refractivity contribution in [1.29, 1.82) is 0 Å². The summed E-state index contributed by atoms with van der Waals surface area (Å²) in [4.78, 5) is 35.6. The Kier molecular flexibility index (Phi) is 7.94. The number of ether oxygens (including phenoxy) is 2. The lowest BCUT2D eigenvalue weighted by Crippen LogP contribution is -2.36. The molecule has 3 aromatic heterocycles. The van der Waals surface area contributed by atoms with Gasteiger partial charge in [0.2, 0.25) is 0 Å². The number of amides is 1. The van der Waals surface area contributed by atoms with Crippen molar-refractivity contribution in [3.8, 4) is 0 Å². The minimum absolute atomic E-state index is 0.155. The summed E-state index contributed by atoms with van der Waals surface area (Å²) in [5.74, 6) is -0.933. The van der Waals surface area contributed by atoms with Crippen molar-refractivity contribution >= 4 is 29.5 Å². The summed E-state index contributed by atoms with van der Waals surface area (Å²) in [6, 6.07) is 2.81. The summed E-state index contributed by atoms with van der Waals surface area (Å²) in [6.07, 6.45) is 9.06. The van der Waals surface area contributed by atoms with E-state index in [1.807, 2.05) is 13.0 Å². The Morgan fingerprint density at radius 3 is 2.84 bits per heavy atom. The number of carbonyl (C=O) groups excluding carboxylic acids is 2. The molecule has 11 heteroatoms. The van der Waals surface area contributed by atoms with E-state index in [1.165, 1.54) is 23.0 Å². The predicted octanol–water partition coefficient (Wildman–Crippen LogP) is 4.71. The van der Waals surface area contributed by atoms with Crippen molar-refractivity contribution in [2.75, 3.05) is 18.1 Å². The average Bonchev–Trinajstić information content (AvgIpc) is 3.49. The number of nitrogens with zero attached hydrogens (tertiary/aromatic N) is 5. The molecule has 38 heavy (non-hydrogen) atoms. The lowest BCUT2D eigenvalue weighted by Gasteiger charge is -2.27. The van der Waals surface area contributed by atoms with Gasteiger partial charge in [0, 0.05) is 24.8 Å². The van der Waals surface area contributed by atoms with E-state index in [4.69, 9.17) is 14.5 Å². The Morgan fingerprint density at radius 2 is 2.11 bits per heavy atom. The molecule has 0 bridgehead atoms. The van der Waals surface area contributed by atoms with Crippen LogP contribution in [0.1, 0.15) is 75.2 Å². The lowest BCUT2D eigenvalue weighted by molar-refractivity contribution is 0.0511. The monoisotopic (exact) mass is 524 g/mol. The van der Waals surface area contributed by atoms with Crippen LogP contribution in [0, 0.1) is 5.82 Å². The summed E-state index contributed by atoms with van der Waals surface area (Å²) in [6.45, 7) is 9.88. The van der Waals surface area contributed by atoms with Gasteiger partial charge in [0.15, 0.2) is 5.65 Å². The zero-order chi connectivity index (χ0) is 27.4. The van der Waals surface area contributed by atoms with E-state index < -0.39 is 23.5 Å². The number of fused-ring (bicyclic) bond motifs is 1. The molecule has 0 saturated carbocycles. The molecule has 202 valence electrons. The van der Waals surface area contributed by atoms with E-state index >= 15 is 0 Å². The van der Waals surface area contributed by atoms with Crippen LogP contribution >= 0.6 is 0 Å². The molecule has 0 radical (unpaired) electrons. The van der Waals surface area contributed by atoms with Gasteiger partial charge in [0.05, 0.1) is 42.1 Å². The molecule has 2 atom stereocenters. The topological polar surface area (TPSA) is 111 Å². The lowest BCUT2D eigenvalue weighted by atomic mass is 10.1. The smallest absolute Gasteiger partial charge is 0.408 e. The van der Waals surface area contributed by atoms with Crippen LogP contribution in [0.3, 0.4) is 0 Å². The van der Waals surface area contributed by atoms with Crippen LogP contribution in [0.4, 0.5) is 14.9 Å². The number of carbonyl (C=O) groups is 2. The predicted molar refractivity (Wildman–Crippen MR) is 140 cm³/mol. The standard InChI is InChI=1S/C27H33FN6O4/c1-6-37-25(35)19-16-30-34-13-11-21(32-24(19)34)22-8-7-12-33(22)23-14-18(28)15-29-20(23)10-9-17(2)31-26(36)38-27(3,4)5/h9-11,13-17,22H,6-8,12H2,1-5H3,(H,31,36)/b10-9+/t17-,22?/m1/s1. The summed E-state index contributed by atoms with van der Waals surface area (Å²) < 4.78 is 26.4. The zero-order valence-corrected chi connectivity index (χ0v) is 22.3. The van der Waals surface area contributed by atoms with Crippen LogP contribution in [0.15, 0.2) is 36.8 Å². The van der Waals surface area contributed by atoms with Crippen LogP contribution in [-0.2, 0) is 9.47 Å². The molecule has 1 fully saturated rings. The molecule has 1 saturated heterocycles. The van der Waals surface area contributed by atoms with Crippen LogP contribution < -0.4 is 10.2 Å². The van der Waals surface area contributed by atoms with Gasteiger partial charge < -0.3 is 19.7 Å². The van der Waals surface area contributed by atoms with Crippen molar-refractivity contribution in [2.45, 2.75) is 65.1 Å². The number of nitrogens with one attached hydrogen (secondary N) is 1. The van der Waals surface area contributed by atoms with Crippen LogP contribution in [0.25, 0.3) is 11.7 Å². The molecule has 3 aromatic rings. The number of anilines is 1. The molecule has 10 nitrogen and oxygen atoms in total. The molecule has 1 amide bonds. The second kappa shape index (κ2) is 11.2. The maximum Gasteiger partial charge on any atom is 0.408 e.